The smallest absolute Gasteiger partial charge is 0.200 e. The average Bonchev–Trinajstić information content (AvgIpc) is 2.55. The van der Waals surface area contributed by atoms with Crippen LogP contribution in [0.2, 0.25) is 10.0 Å². The molecule has 0 spiro atoms. The van der Waals surface area contributed by atoms with Crippen molar-refractivity contribution in [3.05, 3.63) is 75.8 Å². The number of allylic oxidation sites excluding steroid dienone is 1. The third-order valence-electron chi connectivity index (χ3n) is 3.52. The molecule has 0 amide bonds. The Hall–Kier alpha value is -1.82. The molecule has 0 aliphatic carbocycles. The summed E-state index contributed by atoms with van der Waals surface area (Å²) in [4.78, 5) is 0.154. The molecule has 1 heterocycles. The Morgan fingerprint density at radius 2 is 1.50 bits per heavy atom. The van der Waals surface area contributed by atoms with Crippen molar-refractivity contribution in [3.8, 4) is 0 Å². The van der Waals surface area contributed by atoms with E-state index in [4.69, 9.17) is 23.2 Å². The van der Waals surface area contributed by atoms with Gasteiger partial charge < -0.3 is 0 Å². The second-order valence-electron chi connectivity index (χ2n) is 5.42. The Balaban J connectivity index is 2.00. The van der Waals surface area contributed by atoms with E-state index in [1.807, 2.05) is 25.1 Å². The van der Waals surface area contributed by atoms with Gasteiger partial charge in [-0.3, -0.25) is 0 Å². The van der Waals surface area contributed by atoms with E-state index in [0.29, 0.717) is 15.8 Å². The minimum Gasteiger partial charge on any atom is -0.200 e. The first-order valence-corrected chi connectivity index (χ1v) is 9.36. The zero-order chi connectivity index (χ0) is 17.3. The summed E-state index contributed by atoms with van der Waals surface area (Å²) in [6.07, 6.45) is 1.87. The molecule has 4 nitrogen and oxygen atoms in total. The van der Waals surface area contributed by atoms with Crippen LogP contribution in [0.4, 0.5) is 0 Å². The normalized spacial score (nSPS) is 15.0. The van der Waals surface area contributed by atoms with E-state index >= 15 is 0 Å². The largest absolute Gasteiger partial charge is 0.279 e. The molecule has 0 bridgehead atoms. The molecule has 0 unspecified atom stereocenters. The van der Waals surface area contributed by atoms with Crippen LogP contribution in [0.1, 0.15) is 12.5 Å². The maximum atomic E-state index is 12.8. The highest BCUT2D eigenvalue weighted by atomic mass is 35.5. The van der Waals surface area contributed by atoms with Gasteiger partial charge >= 0.3 is 0 Å². The number of hydrogen-bond donors (Lipinski definition) is 0. The molecule has 0 saturated carbocycles. The Morgan fingerprint density at radius 3 is 2.08 bits per heavy atom. The molecular formula is C17H14Cl2N2O2S. The monoisotopic (exact) mass is 380 g/mol. The van der Waals surface area contributed by atoms with Crippen molar-refractivity contribution in [3.63, 3.8) is 0 Å². The van der Waals surface area contributed by atoms with E-state index in [0.717, 1.165) is 15.6 Å². The maximum Gasteiger partial charge on any atom is 0.279 e. The summed E-state index contributed by atoms with van der Waals surface area (Å²) in [5.74, 6) is 0. The van der Waals surface area contributed by atoms with E-state index in [9.17, 15) is 8.42 Å². The standard InChI is InChI=1S/C17H14Cl2N2O2S/c1-12-10-17(13-2-4-14(18)5-3-13)20-21(11-12)24(22,23)16-8-6-15(19)7-9-16/h2-10H,11H2,1H3. The predicted octanol–water partition coefficient (Wildman–Crippen LogP) is 4.35. The van der Waals surface area contributed by atoms with Crippen molar-refractivity contribution >= 4 is 38.9 Å². The number of halogens is 2. The summed E-state index contributed by atoms with van der Waals surface area (Å²) < 4.78 is 26.7. The number of nitrogens with zero attached hydrogens (tertiary/aromatic N) is 2. The van der Waals surface area contributed by atoms with E-state index in [2.05, 4.69) is 5.10 Å². The van der Waals surface area contributed by atoms with Crippen molar-refractivity contribution < 1.29 is 8.42 Å². The number of benzene rings is 2. The van der Waals surface area contributed by atoms with Gasteiger partial charge in [0.15, 0.2) is 0 Å². The zero-order valence-corrected chi connectivity index (χ0v) is 15.1. The van der Waals surface area contributed by atoms with Gasteiger partial charge in [0.05, 0.1) is 17.2 Å². The Labute approximate surface area is 151 Å². The van der Waals surface area contributed by atoms with Crippen LogP contribution in [0.3, 0.4) is 0 Å². The summed E-state index contributed by atoms with van der Waals surface area (Å²) in [6, 6.07) is 13.2. The number of sulfonamides is 1. The van der Waals surface area contributed by atoms with Crippen molar-refractivity contribution in [2.45, 2.75) is 11.8 Å². The number of rotatable bonds is 3. The first-order chi connectivity index (χ1) is 11.4. The van der Waals surface area contributed by atoms with E-state index in [1.54, 1.807) is 24.3 Å². The lowest BCUT2D eigenvalue weighted by molar-refractivity contribution is 0.452. The molecule has 0 N–H and O–H groups in total. The Kier molecular flexibility index (Phi) is 4.67. The summed E-state index contributed by atoms with van der Waals surface area (Å²) >= 11 is 11.7. The molecule has 124 valence electrons. The summed E-state index contributed by atoms with van der Waals surface area (Å²) in [5.41, 5.74) is 2.27. The molecule has 0 atom stereocenters. The van der Waals surface area contributed by atoms with Crippen molar-refractivity contribution in [1.82, 2.24) is 4.41 Å². The average molecular weight is 381 g/mol. The number of hydrogen-bond acceptors (Lipinski definition) is 3. The van der Waals surface area contributed by atoms with Gasteiger partial charge in [-0.2, -0.15) is 17.9 Å². The lowest BCUT2D eigenvalue weighted by Crippen LogP contribution is -2.31. The highest BCUT2D eigenvalue weighted by molar-refractivity contribution is 7.89. The lowest BCUT2D eigenvalue weighted by Gasteiger charge is -2.24. The lowest BCUT2D eigenvalue weighted by atomic mass is 10.1. The second-order valence-corrected chi connectivity index (χ2v) is 8.14. The fourth-order valence-electron chi connectivity index (χ4n) is 2.31. The SMILES string of the molecule is CC1=CC(c2ccc(Cl)cc2)=NN(S(=O)(=O)c2ccc(Cl)cc2)C1. The molecule has 1 aliphatic rings. The van der Waals surface area contributed by atoms with Gasteiger partial charge in [-0.25, -0.2) is 0 Å². The summed E-state index contributed by atoms with van der Waals surface area (Å²) in [5, 5.41) is 5.41. The third kappa shape index (κ3) is 3.48. The molecular weight excluding hydrogens is 367 g/mol. The predicted molar refractivity (Wildman–Crippen MR) is 97.1 cm³/mol. The van der Waals surface area contributed by atoms with Crippen LogP contribution >= 0.6 is 23.2 Å². The maximum absolute atomic E-state index is 12.8. The second kappa shape index (κ2) is 6.59. The van der Waals surface area contributed by atoms with Crippen LogP contribution < -0.4 is 0 Å². The molecule has 1 aliphatic heterocycles. The molecule has 3 rings (SSSR count). The topological polar surface area (TPSA) is 49.7 Å². The van der Waals surface area contributed by atoms with Crippen LogP contribution in [0.15, 0.2) is 70.2 Å². The fraction of sp³-hybridized carbons (Fsp3) is 0.118. The van der Waals surface area contributed by atoms with E-state index in [1.165, 1.54) is 12.1 Å². The van der Waals surface area contributed by atoms with Gasteiger partial charge in [-0.15, -0.1) is 0 Å². The van der Waals surface area contributed by atoms with Crippen molar-refractivity contribution in [1.29, 1.82) is 0 Å². The first kappa shape index (κ1) is 17.0. The highest BCUT2D eigenvalue weighted by Crippen LogP contribution is 2.23. The van der Waals surface area contributed by atoms with Crippen molar-refractivity contribution in [2.24, 2.45) is 5.10 Å². The van der Waals surface area contributed by atoms with Crippen LogP contribution in [-0.4, -0.2) is 25.1 Å². The van der Waals surface area contributed by atoms with Gasteiger partial charge in [-0.1, -0.05) is 35.3 Å². The van der Waals surface area contributed by atoms with Gasteiger partial charge in [0.2, 0.25) is 0 Å². The molecule has 0 fully saturated rings. The van der Waals surface area contributed by atoms with Gasteiger partial charge in [0.1, 0.15) is 0 Å². The minimum absolute atomic E-state index is 0.154. The van der Waals surface area contributed by atoms with E-state index < -0.39 is 10.0 Å². The Bertz CT molecular complexity index is 918. The molecule has 0 radical (unpaired) electrons. The zero-order valence-electron chi connectivity index (χ0n) is 12.8. The molecule has 0 saturated heterocycles. The minimum atomic E-state index is -3.74. The van der Waals surface area contributed by atoms with Gasteiger partial charge in [0, 0.05) is 15.6 Å². The highest BCUT2D eigenvalue weighted by Gasteiger charge is 2.26. The number of hydrazone groups is 1. The molecule has 2 aromatic carbocycles. The molecule has 7 heteroatoms. The Morgan fingerprint density at radius 1 is 0.958 bits per heavy atom. The molecule has 0 aromatic heterocycles. The van der Waals surface area contributed by atoms with Crippen molar-refractivity contribution in [2.75, 3.05) is 6.54 Å². The first-order valence-electron chi connectivity index (χ1n) is 7.16. The molecule has 24 heavy (non-hydrogen) atoms. The quantitative estimate of drug-likeness (QED) is 0.794. The third-order valence-corrected chi connectivity index (χ3v) is 5.65. The molecule has 2 aromatic rings. The van der Waals surface area contributed by atoms with E-state index in [-0.39, 0.29) is 11.4 Å². The summed E-state index contributed by atoms with van der Waals surface area (Å²) in [7, 11) is -3.74. The van der Waals surface area contributed by atoms with Crippen LogP contribution in [0.5, 0.6) is 0 Å². The van der Waals surface area contributed by atoms with Gasteiger partial charge in [0.25, 0.3) is 10.0 Å². The van der Waals surface area contributed by atoms with Crippen LogP contribution in [0, 0.1) is 0 Å². The van der Waals surface area contributed by atoms with Gasteiger partial charge in [-0.05, 0) is 55.0 Å². The fourth-order valence-corrected chi connectivity index (χ4v) is 3.85. The summed E-state index contributed by atoms with van der Waals surface area (Å²) in [6.45, 7) is 2.08. The van der Waals surface area contributed by atoms with Crippen LogP contribution in [-0.2, 0) is 10.0 Å². The van der Waals surface area contributed by atoms with Crippen LogP contribution in [0.25, 0.3) is 0 Å².